The van der Waals surface area contributed by atoms with Crippen LogP contribution in [0.5, 0.6) is 0 Å². The first-order chi connectivity index (χ1) is 8.24. The van der Waals surface area contributed by atoms with Crippen molar-refractivity contribution >= 4 is 6.09 Å². The maximum atomic E-state index is 11.9. The van der Waals surface area contributed by atoms with E-state index in [0.717, 1.165) is 32.3 Å². The molecule has 3 saturated heterocycles. The van der Waals surface area contributed by atoms with Crippen molar-refractivity contribution in [2.75, 3.05) is 13.2 Å². The van der Waals surface area contributed by atoms with Crippen LogP contribution in [0.4, 0.5) is 4.79 Å². The van der Waals surface area contributed by atoms with E-state index in [2.05, 4.69) is 0 Å². The first-order valence-corrected chi connectivity index (χ1v) is 6.83. The van der Waals surface area contributed by atoms with Gasteiger partial charge in [0.15, 0.2) is 0 Å². The molecule has 2 unspecified atom stereocenters. The molecular weight excluding hydrogens is 218 g/mol. The molecule has 0 radical (unpaired) electrons. The van der Waals surface area contributed by atoms with Crippen LogP contribution in [0.1, 0.15) is 45.4 Å². The van der Waals surface area contributed by atoms with Gasteiger partial charge in [-0.05, 0) is 45.4 Å². The predicted molar refractivity (Wildman–Crippen MR) is 62.8 cm³/mol. The van der Waals surface area contributed by atoms with Crippen LogP contribution in [-0.2, 0) is 9.47 Å². The fourth-order valence-corrected chi connectivity index (χ4v) is 3.88. The minimum Gasteiger partial charge on any atom is -0.450 e. The van der Waals surface area contributed by atoms with Crippen molar-refractivity contribution in [1.82, 2.24) is 4.90 Å². The number of hydrogen-bond acceptors (Lipinski definition) is 3. The van der Waals surface area contributed by atoms with E-state index in [1.54, 1.807) is 0 Å². The lowest BCUT2D eigenvalue weighted by atomic mass is 9.84. The quantitative estimate of drug-likeness (QED) is 0.705. The Morgan fingerprint density at radius 2 is 2.12 bits per heavy atom. The van der Waals surface area contributed by atoms with E-state index >= 15 is 0 Å². The number of fused-ring (bicyclic) bond motifs is 2. The highest BCUT2D eigenvalue weighted by Gasteiger charge is 2.52. The lowest BCUT2D eigenvalue weighted by Gasteiger charge is -2.43. The van der Waals surface area contributed by atoms with Gasteiger partial charge in [-0.15, -0.1) is 0 Å². The normalized spacial score (nSPS) is 39.9. The highest BCUT2D eigenvalue weighted by molar-refractivity contribution is 5.69. The molecule has 1 amide bonds. The molecule has 17 heavy (non-hydrogen) atoms. The van der Waals surface area contributed by atoms with Gasteiger partial charge >= 0.3 is 6.09 Å². The van der Waals surface area contributed by atoms with E-state index in [9.17, 15) is 4.79 Å². The topological polar surface area (TPSA) is 38.8 Å². The summed E-state index contributed by atoms with van der Waals surface area (Å²) in [6, 6.07) is 0.705. The Morgan fingerprint density at radius 1 is 1.41 bits per heavy atom. The third-order valence-corrected chi connectivity index (χ3v) is 4.50. The summed E-state index contributed by atoms with van der Waals surface area (Å²) in [7, 11) is 0. The van der Waals surface area contributed by atoms with E-state index in [4.69, 9.17) is 9.47 Å². The molecule has 0 aromatic rings. The largest absolute Gasteiger partial charge is 0.450 e. The molecule has 2 atom stereocenters. The number of piperidine rings is 1. The van der Waals surface area contributed by atoms with E-state index < -0.39 is 0 Å². The van der Waals surface area contributed by atoms with Crippen LogP contribution in [0.3, 0.4) is 0 Å². The summed E-state index contributed by atoms with van der Waals surface area (Å²) in [5.74, 6) is 0. The summed E-state index contributed by atoms with van der Waals surface area (Å²) in [6.45, 7) is 3.24. The number of carbonyl (C=O) groups excluding carboxylic acids is 1. The summed E-state index contributed by atoms with van der Waals surface area (Å²) in [6.07, 6.45) is 6.51. The molecule has 0 aromatic carbocycles. The van der Waals surface area contributed by atoms with Gasteiger partial charge in [0.1, 0.15) is 0 Å². The Balaban J connectivity index is 1.73. The number of nitrogens with zero attached hydrogens (tertiary/aromatic N) is 1. The van der Waals surface area contributed by atoms with Crippen LogP contribution in [0.2, 0.25) is 0 Å². The van der Waals surface area contributed by atoms with Crippen molar-refractivity contribution in [1.29, 1.82) is 0 Å². The van der Waals surface area contributed by atoms with Gasteiger partial charge in [-0.1, -0.05) is 0 Å². The van der Waals surface area contributed by atoms with Gasteiger partial charge in [-0.2, -0.15) is 0 Å². The molecule has 0 aromatic heterocycles. The first kappa shape index (κ1) is 11.3. The minimum absolute atomic E-state index is 0.0921. The molecule has 0 N–H and O–H groups in total. The number of rotatable bonds is 1. The lowest BCUT2D eigenvalue weighted by Crippen LogP contribution is -2.53. The van der Waals surface area contributed by atoms with Gasteiger partial charge < -0.3 is 14.4 Å². The molecule has 0 saturated carbocycles. The number of hydrogen-bond donors (Lipinski definition) is 0. The van der Waals surface area contributed by atoms with Gasteiger partial charge in [0.25, 0.3) is 0 Å². The Labute approximate surface area is 102 Å². The Bertz CT molecular complexity index is 296. The summed E-state index contributed by atoms with van der Waals surface area (Å²) < 4.78 is 11.1. The number of ether oxygens (including phenoxy) is 2. The lowest BCUT2D eigenvalue weighted by molar-refractivity contribution is -0.0644. The van der Waals surface area contributed by atoms with Crippen LogP contribution in [0.15, 0.2) is 0 Å². The average molecular weight is 239 g/mol. The molecule has 3 aliphatic rings. The van der Waals surface area contributed by atoms with Crippen LogP contribution in [0.25, 0.3) is 0 Å². The van der Waals surface area contributed by atoms with Gasteiger partial charge in [0.05, 0.1) is 12.2 Å². The average Bonchev–Trinajstić information content (AvgIpc) is 2.84. The summed E-state index contributed by atoms with van der Waals surface area (Å²) in [4.78, 5) is 13.9. The molecule has 96 valence electrons. The Hall–Kier alpha value is -0.770. The third-order valence-electron chi connectivity index (χ3n) is 4.50. The van der Waals surface area contributed by atoms with Crippen LogP contribution in [-0.4, -0.2) is 41.9 Å². The van der Waals surface area contributed by atoms with Gasteiger partial charge in [0, 0.05) is 18.7 Å². The van der Waals surface area contributed by atoms with Crippen LogP contribution in [0, 0.1) is 0 Å². The third kappa shape index (κ3) is 1.82. The van der Waals surface area contributed by atoms with E-state index in [-0.39, 0.29) is 11.7 Å². The summed E-state index contributed by atoms with van der Waals surface area (Å²) >= 11 is 0. The zero-order valence-corrected chi connectivity index (χ0v) is 10.5. The molecule has 0 aliphatic carbocycles. The zero-order chi connectivity index (χ0) is 11.9. The highest BCUT2D eigenvalue weighted by Crippen LogP contribution is 2.46. The second-order valence-corrected chi connectivity index (χ2v) is 5.53. The Morgan fingerprint density at radius 3 is 2.65 bits per heavy atom. The molecule has 3 fully saturated rings. The van der Waals surface area contributed by atoms with E-state index in [1.807, 2.05) is 11.8 Å². The molecule has 3 aliphatic heterocycles. The maximum Gasteiger partial charge on any atom is 0.410 e. The van der Waals surface area contributed by atoms with Gasteiger partial charge in [0.2, 0.25) is 0 Å². The monoisotopic (exact) mass is 239 g/mol. The van der Waals surface area contributed by atoms with Gasteiger partial charge in [-0.25, -0.2) is 4.79 Å². The smallest absolute Gasteiger partial charge is 0.410 e. The fourth-order valence-electron chi connectivity index (χ4n) is 3.88. The van der Waals surface area contributed by atoms with Crippen molar-refractivity contribution in [3.05, 3.63) is 0 Å². The molecule has 3 rings (SSSR count). The Kier molecular flexibility index (Phi) is 2.77. The maximum absolute atomic E-state index is 11.9. The van der Waals surface area contributed by atoms with Crippen molar-refractivity contribution in [2.45, 2.75) is 63.1 Å². The van der Waals surface area contributed by atoms with Gasteiger partial charge in [-0.3, -0.25) is 0 Å². The number of amides is 1. The SMILES string of the molecule is CCOC(=O)N1C2CCC1CC1(CCCO1)C2. The molecule has 1 spiro atoms. The molecule has 4 nitrogen and oxygen atoms in total. The minimum atomic E-state index is -0.118. The molecule has 2 bridgehead atoms. The summed E-state index contributed by atoms with van der Waals surface area (Å²) in [5, 5.41) is 0. The second kappa shape index (κ2) is 4.16. The predicted octanol–water partition coefficient (Wildman–Crippen LogP) is 2.32. The van der Waals surface area contributed by atoms with Crippen LogP contribution >= 0.6 is 0 Å². The van der Waals surface area contributed by atoms with Crippen molar-refractivity contribution in [2.24, 2.45) is 0 Å². The summed E-state index contributed by atoms with van der Waals surface area (Å²) in [5.41, 5.74) is 0.0921. The van der Waals surface area contributed by atoms with Crippen molar-refractivity contribution in [3.8, 4) is 0 Å². The fraction of sp³-hybridized carbons (Fsp3) is 0.923. The van der Waals surface area contributed by atoms with Crippen molar-refractivity contribution in [3.63, 3.8) is 0 Å². The first-order valence-electron chi connectivity index (χ1n) is 6.83. The highest BCUT2D eigenvalue weighted by atomic mass is 16.6. The second-order valence-electron chi connectivity index (χ2n) is 5.53. The van der Waals surface area contributed by atoms with E-state index in [0.29, 0.717) is 18.7 Å². The van der Waals surface area contributed by atoms with E-state index in [1.165, 1.54) is 12.8 Å². The van der Waals surface area contributed by atoms with Crippen molar-refractivity contribution < 1.29 is 14.3 Å². The molecular formula is C13H21NO3. The number of carbonyl (C=O) groups is 1. The molecule has 3 heterocycles. The standard InChI is InChI=1S/C13H21NO3/c1-2-16-12(15)14-10-4-5-11(14)9-13(8-10)6-3-7-17-13/h10-11H,2-9H2,1H3. The van der Waals surface area contributed by atoms with Crippen LogP contribution < -0.4 is 0 Å². The zero-order valence-electron chi connectivity index (χ0n) is 10.5. The molecule has 4 heteroatoms.